The summed E-state index contributed by atoms with van der Waals surface area (Å²) in [7, 11) is 0. The summed E-state index contributed by atoms with van der Waals surface area (Å²) in [6, 6.07) is 0.493. The van der Waals surface area contributed by atoms with E-state index in [9.17, 15) is 44.6 Å². The highest BCUT2D eigenvalue weighted by atomic mass is 19.4. The van der Waals surface area contributed by atoms with E-state index in [0.717, 1.165) is 6.08 Å². The largest absolute Gasteiger partial charge is 0.484 e. The van der Waals surface area contributed by atoms with Crippen LogP contribution in [0.2, 0.25) is 0 Å². The molecule has 0 saturated heterocycles. The summed E-state index contributed by atoms with van der Waals surface area (Å²) < 4.78 is 122. The molecule has 0 amide bonds. The fraction of sp³-hybridized carbons (Fsp3) is 0.444. The molecule has 1 aromatic carbocycles. The Kier molecular flexibility index (Phi) is 6.32. The Morgan fingerprint density at radius 3 is 1.86 bits per heavy atom. The molecule has 2 atom stereocenters. The average molecular weight is 434 g/mol. The molecule has 0 heterocycles. The third kappa shape index (κ3) is 5.68. The SMILES string of the molecule is CC1CC=C(C(F)(F)F)C=C1C(CO)Oc1cc(C(F)(F)F)cc(C(F)(F)F)c1. The van der Waals surface area contributed by atoms with Crippen LogP contribution in [0.4, 0.5) is 39.5 Å². The fourth-order valence-electron chi connectivity index (χ4n) is 2.80. The molecule has 0 aliphatic heterocycles. The number of benzene rings is 1. The fourth-order valence-corrected chi connectivity index (χ4v) is 2.80. The van der Waals surface area contributed by atoms with Gasteiger partial charge in [-0.2, -0.15) is 39.5 Å². The number of alkyl halides is 9. The minimum absolute atomic E-state index is 0.0864. The lowest BCUT2D eigenvalue weighted by Crippen LogP contribution is -2.30. The molecule has 0 spiro atoms. The van der Waals surface area contributed by atoms with Gasteiger partial charge in [0.2, 0.25) is 0 Å². The van der Waals surface area contributed by atoms with Crippen molar-refractivity contribution in [2.24, 2.45) is 5.92 Å². The van der Waals surface area contributed by atoms with Gasteiger partial charge in [0, 0.05) is 0 Å². The summed E-state index contributed by atoms with van der Waals surface area (Å²) >= 11 is 0. The Bertz CT molecular complexity index is 769. The molecule has 1 aliphatic rings. The predicted octanol–water partition coefficient (Wildman–Crippen LogP) is 5.92. The van der Waals surface area contributed by atoms with Gasteiger partial charge in [0.05, 0.1) is 23.3 Å². The Hall–Kier alpha value is -2.17. The molecule has 29 heavy (non-hydrogen) atoms. The van der Waals surface area contributed by atoms with Crippen molar-refractivity contribution in [1.29, 1.82) is 0 Å². The lowest BCUT2D eigenvalue weighted by molar-refractivity contribution is -0.143. The van der Waals surface area contributed by atoms with E-state index in [1.54, 1.807) is 0 Å². The van der Waals surface area contributed by atoms with Gasteiger partial charge in [-0.05, 0) is 42.2 Å². The highest BCUT2D eigenvalue weighted by molar-refractivity contribution is 5.39. The van der Waals surface area contributed by atoms with E-state index < -0.39 is 59.6 Å². The van der Waals surface area contributed by atoms with E-state index in [4.69, 9.17) is 4.74 Å². The molecule has 0 aromatic heterocycles. The van der Waals surface area contributed by atoms with E-state index >= 15 is 0 Å². The average Bonchev–Trinajstić information content (AvgIpc) is 2.57. The third-order valence-corrected chi connectivity index (χ3v) is 4.29. The maximum absolute atomic E-state index is 12.9. The number of rotatable bonds is 4. The van der Waals surface area contributed by atoms with E-state index in [2.05, 4.69) is 0 Å². The molecule has 11 heteroatoms. The van der Waals surface area contributed by atoms with Gasteiger partial charge in [0.15, 0.2) is 0 Å². The third-order valence-electron chi connectivity index (χ3n) is 4.29. The molecule has 2 rings (SSSR count). The van der Waals surface area contributed by atoms with E-state index in [0.29, 0.717) is 18.2 Å². The first-order valence-corrected chi connectivity index (χ1v) is 8.18. The summed E-state index contributed by atoms with van der Waals surface area (Å²) in [4.78, 5) is 0. The van der Waals surface area contributed by atoms with Gasteiger partial charge in [-0.3, -0.25) is 0 Å². The van der Waals surface area contributed by atoms with Gasteiger partial charge in [-0.25, -0.2) is 0 Å². The van der Waals surface area contributed by atoms with Crippen LogP contribution < -0.4 is 4.74 Å². The monoisotopic (exact) mass is 434 g/mol. The number of hydrogen-bond donors (Lipinski definition) is 1. The van der Waals surface area contributed by atoms with Gasteiger partial charge in [-0.15, -0.1) is 0 Å². The Morgan fingerprint density at radius 2 is 1.45 bits per heavy atom. The van der Waals surface area contributed by atoms with Gasteiger partial charge in [0.25, 0.3) is 0 Å². The van der Waals surface area contributed by atoms with E-state index in [1.807, 2.05) is 0 Å². The van der Waals surface area contributed by atoms with Crippen LogP contribution in [0.1, 0.15) is 24.5 Å². The van der Waals surface area contributed by atoms with E-state index in [1.165, 1.54) is 6.92 Å². The lowest BCUT2D eigenvalue weighted by atomic mass is 9.86. The molecule has 1 aliphatic carbocycles. The quantitative estimate of drug-likeness (QED) is 0.597. The van der Waals surface area contributed by atoms with Crippen LogP contribution >= 0.6 is 0 Å². The molecular weight excluding hydrogens is 419 g/mol. The first kappa shape index (κ1) is 23.1. The molecular formula is C18H15F9O2. The van der Waals surface area contributed by atoms with Crippen molar-refractivity contribution in [3.05, 3.63) is 52.6 Å². The van der Waals surface area contributed by atoms with Gasteiger partial charge < -0.3 is 9.84 Å². The first-order valence-electron chi connectivity index (χ1n) is 8.18. The minimum atomic E-state index is -5.11. The zero-order chi connectivity index (χ0) is 22.2. The number of aliphatic hydroxyl groups excluding tert-OH is 1. The summed E-state index contributed by atoms with van der Waals surface area (Å²) in [6.07, 6.45) is -15.0. The van der Waals surface area contributed by atoms with E-state index in [-0.39, 0.29) is 18.1 Å². The summed E-state index contributed by atoms with van der Waals surface area (Å²) in [6.45, 7) is 0.549. The second kappa shape index (κ2) is 7.92. The highest BCUT2D eigenvalue weighted by Gasteiger charge is 2.38. The molecule has 0 bridgehead atoms. The summed E-state index contributed by atoms with van der Waals surface area (Å²) in [5.74, 6) is -1.45. The van der Waals surface area contributed by atoms with Crippen molar-refractivity contribution >= 4 is 0 Å². The second-order valence-corrected chi connectivity index (χ2v) is 6.47. The minimum Gasteiger partial charge on any atom is -0.484 e. The molecule has 0 saturated carbocycles. The normalized spacial score (nSPS) is 19.5. The maximum Gasteiger partial charge on any atom is 0.416 e. The number of ether oxygens (including phenoxy) is 1. The topological polar surface area (TPSA) is 29.5 Å². The summed E-state index contributed by atoms with van der Waals surface area (Å²) in [5.41, 5.74) is -4.40. The van der Waals surface area contributed by atoms with Crippen molar-refractivity contribution in [2.45, 2.75) is 38.0 Å². The second-order valence-electron chi connectivity index (χ2n) is 6.47. The van der Waals surface area contributed by atoms with Gasteiger partial charge in [-0.1, -0.05) is 13.0 Å². The van der Waals surface area contributed by atoms with Crippen LogP contribution in [0.3, 0.4) is 0 Å². The standard InChI is InChI=1S/C18H15F9O2/c1-9-2-3-10(16(19,20)21)7-14(9)15(8-28)29-13-5-11(17(22,23)24)4-12(6-13)18(25,26)27/h3-7,9,15,28H,2,8H2,1H3. The molecule has 0 fully saturated rings. The molecule has 162 valence electrons. The zero-order valence-corrected chi connectivity index (χ0v) is 14.7. The van der Waals surface area contributed by atoms with Gasteiger partial charge in [0.1, 0.15) is 11.9 Å². The van der Waals surface area contributed by atoms with Crippen LogP contribution in [0, 0.1) is 5.92 Å². The van der Waals surface area contributed by atoms with Crippen LogP contribution in [0.25, 0.3) is 0 Å². The van der Waals surface area contributed by atoms with Crippen molar-refractivity contribution in [3.8, 4) is 5.75 Å². The molecule has 0 radical (unpaired) electrons. The van der Waals surface area contributed by atoms with Crippen LogP contribution in [0.5, 0.6) is 5.75 Å². The Labute approximate surface area is 159 Å². The van der Waals surface area contributed by atoms with Crippen molar-refractivity contribution in [3.63, 3.8) is 0 Å². The van der Waals surface area contributed by atoms with Crippen LogP contribution in [-0.2, 0) is 12.4 Å². The molecule has 1 N–H and O–H groups in total. The van der Waals surface area contributed by atoms with Crippen LogP contribution in [-0.4, -0.2) is 24.0 Å². The first-order chi connectivity index (χ1) is 13.1. The lowest BCUT2D eigenvalue weighted by Gasteiger charge is -2.28. The van der Waals surface area contributed by atoms with Crippen molar-refractivity contribution in [2.75, 3.05) is 6.61 Å². The number of aliphatic hydroxyl groups is 1. The summed E-state index contributed by atoms with van der Waals surface area (Å²) in [5, 5.41) is 9.49. The Balaban J connectivity index is 2.45. The molecule has 2 nitrogen and oxygen atoms in total. The van der Waals surface area contributed by atoms with Crippen molar-refractivity contribution < 1.29 is 49.4 Å². The Morgan fingerprint density at radius 1 is 0.931 bits per heavy atom. The number of allylic oxidation sites excluding steroid dienone is 3. The predicted molar refractivity (Wildman–Crippen MR) is 83.9 cm³/mol. The van der Waals surface area contributed by atoms with Crippen molar-refractivity contribution in [1.82, 2.24) is 0 Å². The highest BCUT2D eigenvalue weighted by Crippen LogP contribution is 2.40. The zero-order valence-electron chi connectivity index (χ0n) is 14.7. The molecule has 2 unspecified atom stereocenters. The maximum atomic E-state index is 12.9. The van der Waals surface area contributed by atoms with Gasteiger partial charge >= 0.3 is 18.5 Å². The molecule has 1 aromatic rings. The van der Waals surface area contributed by atoms with Crippen LogP contribution in [0.15, 0.2) is 41.5 Å². The number of hydrogen-bond acceptors (Lipinski definition) is 2. The smallest absolute Gasteiger partial charge is 0.416 e. The number of halogens is 9.